The molecule has 150 valence electrons. The molecule has 0 unspecified atom stereocenters. The molecule has 8 heteroatoms. The van der Waals surface area contributed by atoms with Crippen molar-refractivity contribution in [3.8, 4) is 11.3 Å². The maximum atomic E-state index is 12.6. The fourth-order valence-electron chi connectivity index (χ4n) is 3.13. The highest BCUT2D eigenvalue weighted by Gasteiger charge is 2.29. The summed E-state index contributed by atoms with van der Waals surface area (Å²) >= 11 is 0. The van der Waals surface area contributed by atoms with Crippen LogP contribution < -0.4 is 5.32 Å². The number of oxazole rings is 1. The van der Waals surface area contributed by atoms with E-state index in [1.807, 2.05) is 25.1 Å². The molecule has 0 aliphatic carbocycles. The molecule has 0 bridgehead atoms. The predicted molar refractivity (Wildman–Crippen MR) is 105 cm³/mol. The molecule has 0 aliphatic rings. The van der Waals surface area contributed by atoms with Crippen molar-refractivity contribution in [2.24, 2.45) is 0 Å². The molecule has 0 fully saturated rings. The highest BCUT2D eigenvalue weighted by Crippen LogP contribution is 2.29. The number of anilines is 1. The summed E-state index contributed by atoms with van der Waals surface area (Å²) in [7, 11) is 0. The zero-order valence-corrected chi connectivity index (χ0v) is 15.7. The summed E-state index contributed by atoms with van der Waals surface area (Å²) in [4.78, 5) is 4.24. The van der Waals surface area contributed by atoms with Crippen molar-refractivity contribution in [2.45, 2.75) is 25.9 Å². The van der Waals surface area contributed by atoms with E-state index in [-0.39, 0.29) is 0 Å². The van der Waals surface area contributed by atoms with Gasteiger partial charge in [-0.2, -0.15) is 18.3 Å². The second kappa shape index (κ2) is 7.62. The molecule has 4 rings (SSSR count). The van der Waals surface area contributed by atoms with Gasteiger partial charge in [-0.25, -0.2) is 4.98 Å². The Morgan fingerprint density at radius 1 is 1.10 bits per heavy atom. The largest absolute Gasteiger partial charge is 0.424 e. The van der Waals surface area contributed by atoms with Crippen molar-refractivity contribution in [2.75, 3.05) is 11.9 Å². The van der Waals surface area contributed by atoms with Crippen LogP contribution in [0.15, 0.2) is 53.1 Å². The molecule has 0 spiro atoms. The van der Waals surface area contributed by atoms with E-state index in [0.29, 0.717) is 24.7 Å². The van der Waals surface area contributed by atoms with E-state index in [0.717, 1.165) is 46.3 Å². The zero-order valence-electron chi connectivity index (χ0n) is 15.7. The Bertz CT molecular complexity index is 1110. The number of fused-ring (bicyclic) bond motifs is 1. The predicted octanol–water partition coefficient (Wildman–Crippen LogP) is 5.59. The van der Waals surface area contributed by atoms with Crippen molar-refractivity contribution in [3.05, 3.63) is 65.5 Å². The number of hydrogen-bond donors (Lipinski definition) is 2. The van der Waals surface area contributed by atoms with Gasteiger partial charge in [0.05, 0.1) is 17.3 Å². The van der Waals surface area contributed by atoms with Crippen LogP contribution >= 0.6 is 0 Å². The fourth-order valence-corrected chi connectivity index (χ4v) is 3.13. The summed E-state index contributed by atoms with van der Waals surface area (Å²) in [5, 5.41) is 11.3. The average molecular weight is 400 g/mol. The van der Waals surface area contributed by atoms with E-state index in [9.17, 15) is 13.2 Å². The first-order valence-corrected chi connectivity index (χ1v) is 9.21. The van der Waals surface area contributed by atoms with Gasteiger partial charge in [0.15, 0.2) is 5.76 Å². The van der Waals surface area contributed by atoms with Gasteiger partial charge in [-0.05, 0) is 55.7 Å². The molecule has 0 atom stereocenters. The highest BCUT2D eigenvalue weighted by atomic mass is 19.4. The number of alkyl halides is 3. The van der Waals surface area contributed by atoms with Crippen LogP contribution in [0.5, 0.6) is 0 Å². The van der Waals surface area contributed by atoms with Gasteiger partial charge >= 0.3 is 6.18 Å². The molecule has 4 aromatic rings. The highest BCUT2D eigenvalue weighted by molar-refractivity contribution is 5.85. The van der Waals surface area contributed by atoms with Gasteiger partial charge < -0.3 is 9.73 Å². The molecule has 5 nitrogen and oxygen atoms in total. The Balaban J connectivity index is 1.32. The Kier molecular flexibility index (Phi) is 5.00. The Morgan fingerprint density at radius 2 is 1.90 bits per heavy atom. The van der Waals surface area contributed by atoms with Crippen molar-refractivity contribution in [3.63, 3.8) is 0 Å². The third kappa shape index (κ3) is 4.26. The molecule has 0 aliphatic heterocycles. The number of nitrogens with zero attached hydrogens (tertiary/aromatic N) is 2. The summed E-state index contributed by atoms with van der Waals surface area (Å²) < 4.78 is 43.5. The molecule has 0 radical (unpaired) electrons. The van der Waals surface area contributed by atoms with Gasteiger partial charge in [0.1, 0.15) is 0 Å². The number of rotatable bonds is 6. The second-order valence-corrected chi connectivity index (χ2v) is 6.84. The smallest absolute Gasteiger partial charge is 0.416 e. The summed E-state index contributed by atoms with van der Waals surface area (Å²) in [5.41, 5.74) is 3.02. The molecule has 0 amide bonds. The lowest BCUT2D eigenvalue weighted by molar-refractivity contribution is -0.137. The minimum absolute atomic E-state index is 0.413. The summed E-state index contributed by atoms with van der Waals surface area (Å²) in [5.74, 6) is 0.651. The second-order valence-electron chi connectivity index (χ2n) is 6.84. The van der Waals surface area contributed by atoms with Gasteiger partial charge in [-0.3, -0.25) is 5.10 Å². The molecule has 0 saturated carbocycles. The molecule has 2 aromatic carbocycles. The van der Waals surface area contributed by atoms with E-state index in [2.05, 4.69) is 20.5 Å². The molecular weight excluding hydrogens is 381 g/mol. The summed E-state index contributed by atoms with van der Waals surface area (Å²) in [6, 6.07) is 11.5. The van der Waals surface area contributed by atoms with Gasteiger partial charge in [0.25, 0.3) is 6.01 Å². The number of hydrogen-bond acceptors (Lipinski definition) is 4. The van der Waals surface area contributed by atoms with Crippen LogP contribution in [0.1, 0.15) is 23.2 Å². The molecule has 0 saturated heterocycles. The third-order valence-electron chi connectivity index (χ3n) is 4.73. The molecule has 2 aromatic heterocycles. The number of nitrogens with one attached hydrogen (secondary N) is 2. The number of halogens is 3. The van der Waals surface area contributed by atoms with Gasteiger partial charge in [0.2, 0.25) is 0 Å². The van der Waals surface area contributed by atoms with Crippen LogP contribution in [0.3, 0.4) is 0 Å². The summed E-state index contributed by atoms with van der Waals surface area (Å²) in [6.07, 6.45) is -1.24. The standard InChI is InChI=1S/C21H19F3N4O/c1-13-17-11-15(6-9-18(17)28-27-13)19-12-26-20(29-19)25-10-2-3-14-4-7-16(8-5-14)21(22,23)24/h4-9,11-12H,2-3,10H2,1H3,(H,25,26)(H,27,28). The van der Waals surface area contributed by atoms with Crippen molar-refractivity contribution < 1.29 is 17.6 Å². The molecular formula is C21H19F3N4O. The van der Waals surface area contributed by atoms with E-state index in [4.69, 9.17) is 4.42 Å². The Hall–Kier alpha value is -3.29. The van der Waals surface area contributed by atoms with Crippen molar-refractivity contribution in [1.29, 1.82) is 0 Å². The maximum absolute atomic E-state index is 12.6. The van der Waals surface area contributed by atoms with E-state index >= 15 is 0 Å². The first-order chi connectivity index (χ1) is 13.9. The Labute approximate surface area is 165 Å². The third-order valence-corrected chi connectivity index (χ3v) is 4.73. The summed E-state index contributed by atoms with van der Waals surface area (Å²) in [6.45, 7) is 2.56. The number of benzene rings is 2. The minimum Gasteiger partial charge on any atom is -0.424 e. The lowest BCUT2D eigenvalue weighted by Gasteiger charge is -2.07. The first kappa shape index (κ1) is 19.0. The monoisotopic (exact) mass is 400 g/mol. The van der Waals surface area contributed by atoms with Gasteiger partial charge in [-0.1, -0.05) is 12.1 Å². The van der Waals surface area contributed by atoms with Crippen LogP contribution in [-0.2, 0) is 12.6 Å². The molecule has 29 heavy (non-hydrogen) atoms. The number of H-pyrrole nitrogens is 1. The van der Waals surface area contributed by atoms with Crippen LogP contribution in [0.25, 0.3) is 22.2 Å². The average Bonchev–Trinajstić information content (AvgIpc) is 3.32. The van der Waals surface area contributed by atoms with Crippen LogP contribution in [0.4, 0.5) is 19.2 Å². The van der Waals surface area contributed by atoms with Crippen LogP contribution in [-0.4, -0.2) is 21.7 Å². The maximum Gasteiger partial charge on any atom is 0.416 e. The number of aromatic nitrogens is 3. The SMILES string of the molecule is Cc1[nH]nc2ccc(-c3cnc(NCCCc4ccc(C(F)(F)F)cc4)o3)cc12. The van der Waals surface area contributed by atoms with Crippen LogP contribution in [0.2, 0.25) is 0 Å². The van der Waals surface area contributed by atoms with Gasteiger partial charge in [-0.15, -0.1) is 0 Å². The Morgan fingerprint density at radius 3 is 2.66 bits per heavy atom. The van der Waals surface area contributed by atoms with Crippen LogP contribution in [0, 0.1) is 6.92 Å². The number of aryl methyl sites for hydroxylation is 2. The quantitative estimate of drug-likeness (QED) is 0.414. The minimum atomic E-state index is -4.30. The van der Waals surface area contributed by atoms with Crippen molar-refractivity contribution >= 4 is 16.9 Å². The zero-order chi connectivity index (χ0) is 20.4. The molecule has 2 N–H and O–H groups in total. The lowest BCUT2D eigenvalue weighted by Crippen LogP contribution is -2.05. The topological polar surface area (TPSA) is 66.7 Å². The van der Waals surface area contributed by atoms with E-state index in [1.165, 1.54) is 12.1 Å². The fraction of sp³-hybridized carbons (Fsp3) is 0.238. The van der Waals surface area contributed by atoms with Gasteiger partial charge in [0, 0.05) is 23.2 Å². The normalized spacial score (nSPS) is 11.9. The van der Waals surface area contributed by atoms with Crippen molar-refractivity contribution in [1.82, 2.24) is 15.2 Å². The first-order valence-electron chi connectivity index (χ1n) is 9.21. The lowest BCUT2D eigenvalue weighted by atomic mass is 10.1. The van der Waals surface area contributed by atoms with E-state index < -0.39 is 11.7 Å². The molecule has 2 heterocycles. The number of aromatic amines is 1. The van der Waals surface area contributed by atoms with E-state index in [1.54, 1.807) is 6.20 Å².